The maximum Gasteiger partial charge on any atom is 0.246 e. The number of piperazine rings is 1. The van der Waals surface area contributed by atoms with Crippen molar-refractivity contribution in [2.24, 2.45) is 0 Å². The molecule has 1 atom stereocenters. The van der Waals surface area contributed by atoms with E-state index >= 15 is 0 Å². The van der Waals surface area contributed by atoms with E-state index in [2.05, 4.69) is 27.8 Å². The number of nitrogens with zero attached hydrogens (tertiary/aromatic N) is 3. The minimum Gasteiger partial charge on any atom is -0.368 e. The van der Waals surface area contributed by atoms with Crippen LogP contribution in [0.1, 0.15) is 27.7 Å². The van der Waals surface area contributed by atoms with Crippen molar-refractivity contribution in [2.45, 2.75) is 45.3 Å². The zero-order valence-corrected chi connectivity index (χ0v) is 17.4. The van der Waals surface area contributed by atoms with Crippen LogP contribution >= 0.6 is 11.6 Å². The molecule has 0 bridgehead atoms. The molecule has 1 unspecified atom stereocenters. The predicted octanol–water partition coefficient (Wildman–Crippen LogP) is 3.76. The average molecular weight is 408 g/mol. The smallest absolute Gasteiger partial charge is 0.246 e. The van der Waals surface area contributed by atoms with Crippen LogP contribution in [0.2, 0.25) is 5.02 Å². The van der Waals surface area contributed by atoms with Gasteiger partial charge in [0, 0.05) is 48.5 Å². The van der Waals surface area contributed by atoms with Crippen LogP contribution in [0.25, 0.3) is 10.9 Å². The van der Waals surface area contributed by atoms with E-state index in [1.54, 1.807) is 13.8 Å². The van der Waals surface area contributed by atoms with Crippen LogP contribution in [0, 0.1) is 0 Å². The van der Waals surface area contributed by atoms with Gasteiger partial charge in [-0.15, -0.1) is 0 Å². The summed E-state index contributed by atoms with van der Waals surface area (Å²) in [5, 5.41) is 1.81. The van der Waals surface area contributed by atoms with Crippen molar-refractivity contribution in [3.63, 3.8) is 0 Å². The van der Waals surface area contributed by atoms with Crippen LogP contribution in [0.4, 0.5) is 5.69 Å². The zero-order valence-electron chi connectivity index (χ0n) is 16.6. The fourth-order valence-corrected chi connectivity index (χ4v) is 3.76. The van der Waals surface area contributed by atoms with Gasteiger partial charge in [-0.05, 0) is 52.0 Å². The van der Waals surface area contributed by atoms with Gasteiger partial charge in [-0.1, -0.05) is 11.6 Å². The summed E-state index contributed by atoms with van der Waals surface area (Å²) in [5.74, 6) is -1.90. The normalized spacial score (nSPS) is 23.7. The SMILES string of the molecule is CC(N1CCN(c2ccnc3cc(Cl)ccc23)CC1)C1(C)OOC(C)(C)OO1. The molecular formula is C20H26ClN3O4. The van der Waals surface area contributed by atoms with Crippen LogP contribution in [0.3, 0.4) is 0 Å². The number of hydrogen-bond donors (Lipinski definition) is 0. The second-order valence-electron chi connectivity index (χ2n) is 7.94. The predicted molar refractivity (Wildman–Crippen MR) is 107 cm³/mol. The van der Waals surface area contributed by atoms with Crippen LogP contribution in [-0.2, 0) is 19.6 Å². The molecule has 0 aliphatic carbocycles. The fraction of sp³-hybridized carbons (Fsp3) is 0.550. The van der Waals surface area contributed by atoms with E-state index in [-0.39, 0.29) is 6.04 Å². The summed E-state index contributed by atoms with van der Waals surface area (Å²) in [6.07, 6.45) is 1.84. The summed E-state index contributed by atoms with van der Waals surface area (Å²) < 4.78 is 0. The standard InChI is InChI=1S/C20H26ClN3O4/c1-14(20(4)27-25-19(2,3)26-28-20)23-9-11-24(12-10-23)18-7-8-22-17-13-15(21)5-6-16(17)18/h5-8,13-14H,9-12H2,1-4H3. The highest BCUT2D eigenvalue weighted by molar-refractivity contribution is 6.31. The molecule has 2 saturated heterocycles. The van der Waals surface area contributed by atoms with E-state index in [0.717, 1.165) is 37.1 Å². The molecule has 28 heavy (non-hydrogen) atoms. The molecule has 0 amide bonds. The number of anilines is 1. The Hall–Kier alpha value is -1.48. The fourth-order valence-electron chi connectivity index (χ4n) is 3.60. The van der Waals surface area contributed by atoms with E-state index in [0.29, 0.717) is 5.02 Å². The Morgan fingerprint density at radius 3 is 2.36 bits per heavy atom. The molecule has 152 valence electrons. The summed E-state index contributed by atoms with van der Waals surface area (Å²) in [6, 6.07) is 7.87. The molecule has 8 heteroatoms. The van der Waals surface area contributed by atoms with Gasteiger partial charge < -0.3 is 4.90 Å². The third-order valence-corrected chi connectivity index (χ3v) is 5.69. The Kier molecular flexibility index (Phi) is 5.24. The average Bonchev–Trinajstić information content (AvgIpc) is 2.69. The van der Waals surface area contributed by atoms with E-state index in [1.807, 2.05) is 31.3 Å². The lowest BCUT2D eigenvalue weighted by atomic mass is 10.1. The van der Waals surface area contributed by atoms with Gasteiger partial charge in [-0.25, -0.2) is 0 Å². The molecule has 2 aliphatic heterocycles. The first-order valence-corrected chi connectivity index (χ1v) is 9.92. The number of rotatable bonds is 3. The Morgan fingerprint density at radius 1 is 1.00 bits per heavy atom. The van der Waals surface area contributed by atoms with Crippen LogP contribution < -0.4 is 4.90 Å². The van der Waals surface area contributed by atoms with Crippen molar-refractivity contribution < 1.29 is 19.6 Å². The topological polar surface area (TPSA) is 56.3 Å². The molecule has 0 N–H and O–H groups in total. The molecule has 0 radical (unpaired) electrons. The van der Waals surface area contributed by atoms with Gasteiger partial charge in [-0.2, -0.15) is 19.6 Å². The molecule has 7 nitrogen and oxygen atoms in total. The Morgan fingerprint density at radius 2 is 1.68 bits per heavy atom. The van der Waals surface area contributed by atoms with Crippen molar-refractivity contribution >= 4 is 28.2 Å². The molecule has 2 fully saturated rings. The largest absolute Gasteiger partial charge is 0.368 e. The summed E-state index contributed by atoms with van der Waals surface area (Å²) >= 11 is 6.11. The third-order valence-electron chi connectivity index (χ3n) is 5.46. The Labute approximate surface area is 169 Å². The van der Waals surface area contributed by atoms with Gasteiger partial charge >= 0.3 is 0 Å². The van der Waals surface area contributed by atoms with Crippen molar-refractivity contribution in [3.05, 3.63) is 35.5 Å². The van der Waals surface area contributed by atoms with Gasteiger partial charge in [0.15, 0.2) is 0 Å². The molecule has 2 aliphatic rings. The maximum atomic E-state index is 6.11. The molecule has 0 saturated carbocycles. The van der Waals surface area contributed by atoms with Gasteiger partial charge in [0.05, 0.1) is 11.6 Å². The summed E-state index contributed by atoms with van der Waals surface area (Å²) in [6.45, 7) is 10.9. The summed E-state index contributed by atoms with van der Waals surface area (Å²) in [5.41, 5.74) is 2.09. The molecule has 3 heterocycles. The van der Waals surface area contributed by atoms with Gasteiger partial charge in [0.2, 0.25) is 11.6 Å². The highest BCUT2D eigenvalue weighted by Gasteiger charge is 2.47. The lowest BCUT2D eigenvalue weighted by molar-refractivity contribution is -0.652. The van der Waals surface area contributed by atoms with Crippen molar-refractivity contribution in [1.29, 1.82) is 0 Å². The van der Waals surface area contributed by atoms with E-state index in [4.69, 9.17) is 31.2 Å². The lowest BCUT2D eigenvalue weighted by Crippen LogP contribution is -2.60. The second-order valence-corrected chi connectivity index (χ2v) is 8.38. The van der Waals surface area contributed by atoms with E-state index in [9.17, 15) is 0 Å². The van der Waals surface area contributed by atoms with Crippen LogP contribution in [-0.4, -0.2) is 53.7 Å². The first-order valence-electron chi connectivity index (χ1n) is 9.54. The molecule has 1 aromatic heterocycles. The Balaban J connectivity index is 1.44. The monoisotopic (exact) mass is 407 g/mol. The van der Waals surface area contributed by atoms with Crippen molar-refractivity contribution in [2.75, 3.05) is 31.1 Å². The van der Waals surface area contributed by atoms with Gasteiger partial charge in [-0.3, -0.25) is 9.88 Å². The summed E-state index contributed by atoms with van der Waals surface area (Å²) in [7, 11) is 0. The quantitative estimate of drug-likeness (QED) is 0.718. The molecule has 2 aromatic rings. The Bertz CT molecular complexity index is 844. The molecule has 4 rings (SSSR count). The zero-order chi connectivity index (χ0) is 19.9. The number of benzene rings is 1. The highest BCUT2D eigenvalue weighted by Crippen LogP contribution is 2.33. The minimum absolute atomic E-state index is 0.0428. The van der Waals surface area contributed by atoms with Crippen molar-refractivity contribution in [1.82, 2.24) is 9.88 Å². The summed E-state index contributed by atoms with van der Waals surface area (Å²) in [4.78, 5) is 30.9. The first-order chi connectivity index (χ1) is 13.3. The third kappa shape index (κ3) is 3.83. The number of fused-ring (bicyclic) bond motifs is 1. The number of pyridine rings is 1. The lowest BCUT2D eigenvalue weighted by Gasteiger charge is -2.47. The number of hydrogen-bond acceptors (Lipinski definition) is 7. The first kappa shape index (κ1) is 19.8. The number of halogens is 1. The number of aromatic nitrogens is 1. The minimum atomic E-state index is -0.988. The van der Waals surface area contributed by atoms with Crippen LogP contribution in [0.15, 0.2) is 30.5 Å². The molecule has 1 aromatic carbocycles. The maximum absolute atomic E-state index is 6.11. The van der Waals surface area contributed by atoms with Crippen LogP contribution in [0.5, 0.6) is 0 Å². The highest BCUT2D eigenvalue weighted by atomic mass is 35.5. The second kappa shape index (κ2) is 7.40. The van der Waals surface area contributed by atoms with Gasteiger partial charge in [0.1, 0.15) is 0 Å². The van der Waals surface area contributed by atoms with Gasteiger partial charge in [0.25, 0.3) is 0 Å². The van der Waals surface area contributed by atoms with E-state index in [1.165, 1.54) is 5.69 Å². The van der Waals surface area contributed by atoms with E-state index < -0.39 is 11.6 Å². The van der Waals surface area contributed by atoms with Crippen molar-refractivity contribution in [3.8, 4) is 0 Å². The molecule has 0 spiro atoms. The molecular weight excluding hydrogens is 382 g/mol.